The number of methoxy groups -OCH3 is 1. The fourth-order valence-corrected chi connectivity index (χ4v) is 1.50. The van der Waals surface area contributed by atoms with Crippen molar-refractivity contribution in [2.75, 3.05) is 7.11 Å². The van der Waals surface area contributed by atoms with Gasteiger partial charge in [-0.1, -0.05) is 12.1 Å². The molecule has 0 aliphatic carbocycles. The third-order valence-corrected chi connectivity index (χ3v) is 2.53. The standard InChI is InChI=1S/C12H12N2O4/c1-18-12(15)7-4-10(8-13)9-2-5-11(6-3-9)14(16)17/h2-3,5-6,10H,4,7H2,1H3. The van der Waals surface area contributed by atoms with Crippen molar-refractivity contribution in [3.05, 3.63) is 39.9 Å². The van der Waals surface area contributed by atoms with Crippen LogP contribution in [0.25, 0.3) is 0 Å². The molecule has 0 aromatic heterocycles. The Labute approximate surface area is 104 Å². The molecule has 18 heavy (non-hydrogen) atoms. The van der Waals surface area contributed by atoms with E-state index in [0.29, 0.717) is 12.0 Å². The lowest BCUT2D eigenvalue weighted by atomic mass is 9.95. The fraction of sp³-hybridized carbons (Fsp3) is 0.333. The number of carbonyl (C=O) groups is 1. The van der Waals surface area contributed by atoms with Crippen LogP contribution in [0, 0.1) is 21.4 Å². The normalized spacial score (nSPS) is 11.3. The first-order chi connectivity index (χ1) is 8.58. The average Bonchev–Trinajstić information content (AvgIpc) is 2.39. The van der Waals surface area contributed by atoms with Crippen molar-refractivity contribution in [3.8, 4) is 6.07 Å². The summed E-state index contributed by atoms with van der Waals surface area (Å²) in [5.41, 5.74) is 0.635. The number of non-ortho nitro benzene ring substituents is 1. The van der Waals surface area contributed by atoms with Gasteiger partial charge in [0.2, 0.25) is 0 Å². The van der Waals surface area contributed by atoms with E-state index in [1.165, 1.54) is 31.4 Å². The first-order valence-electron chi connectivity index (χ1n) is 5.29. The van der Waals surface area contributed by atoms with Crippen LogP contribution in [0.5, 0.6) is 0 Å². The van der Waals surface area contributed by atoms with Crippen LogP contribution >= 0.6 is 0 Å². The summed E-state index contributed by atoms with van der Waals surface area (Å²) in [7, 11) is 1.29. The van der Waals surface area contributed by atoms with Gasteiger partial charge in [0.05, 0.1) is 24.0 Å². The first-order valence-corrected chi connectivity index (χ1v) is 5.29. The SMILES string of the molecule is COC(=O)CCC(C#N)c1ccc([N+](=O)[O-])cc1. The van der Waals surface area contributed by atoms with Crippen LogP contribution in [0.4, 0.5) is 5.69 Å². The lowest BCUT2D eigenvalue weighted by molar-refractivity contribution is -0.384. The molecule has 94 valence electrons. The third-order valence-electron chi connectivity index (χ3n) is 2.53. The minimum absolute atomic E-state index is 0.0246. The van der Waals surface area contributed by atoms with Gasteiger partial charge >= 0.3 is 5.97 Å². The third kappa shape index (κ3) is 3.56. The van der Waals surface area contributed by atoms with Crippen LogP contribution in [0.1, 0.15) is 24.3 Å². The second kappa shape index (κ2) is 6.35. The van der Waals surface area contributed by atoms with E-state index in [4.69, 9.17) is 5.26 Å². The monoisotopic (exact) mass is 248 g/mol. The molecule has 0 saturated carbocycles. The number of nitrogens with zero attached hydrogens (tertiary/aromatic N) is 2. The molecule has 0 amide bonds. The smallest absolute Gasteiger partial charge is 0.305 e. The van der Waals surface area contributed by atoms with Gasteiger partial charge in [-0.2, -0.15) is 5.26 Å². The summed E-state index contributed by atoms with van der Waals surface area (Å²) < 4.78 is 4.49. The molecule has 1 aromatic carbocycles. The van der Waals surface area contributed by atoms with Crippen molar-refractivity contribution in [2.24, 2.45) is 0 Å². The van der Waals surface area contributed by atoms with Crippen molar-refractivity contribution in [1.82, 2.24) is 0 Å². The topological polar surface area (TPSA) is 93.2 Å². The molecule has 0 aliphatic rings. The van der Waals surface area contributed by atoms with Gasteiger partial charge in [0, 0.05) is 18.6 Å². The molecular weight excluding hydrogens is 236 g/mol. The van der Waals surface area contributed by atoms with Gasteiger partial charge in [0.1, 0.15) is 0 Å². The summed E-state index contributed by atoms with van der Waals surface area (Å²) in [5.74, 6) is -0.845. The summed E-state index contributed by atoms with van der Waals surface area (Å²) in [6.45, 7) is 0. The van der Waals surface area contributed by atoms with Gasteiger partial charge in [-0.3, -0.25) is 14.9 Å². The molecule has 1 atom stereocenters. The highest BCUT2D eigenvalue weighted by Gasteiger charge is 2.14. The molecule has 0 radical (unpaired) electrons. The minimum Gasteiger partial charge on any atom is -0.469 e. The predicted octanol–water partition coefficient (Wildman–Crippen LogP) is 2.16. The highest BCUT2D eigenvalue weighted by molar-refractivity contribution is 5.69. The Bertz CT molecular complexity index is 476. The van der Waals surface area contributed by atoms with E-state index in [1.807, 2.05) is 0 Å². The summed E-state index contributed by atoms with van der Waals surface area (Å²) in [5, 5.41) is 19.5. The van der Waals surface area contributed by atoms with E-state index in [0.717, 1.165) is 0 Å². The zero-order valence-corrected chi connectivity index (χ0v) is 9.83. The zero-order chi connectivity index (χ0) is 13.5. The number of benzene rings is 1. The number of hydrogen-bond acceptors (Lipinski definition) is 5. The van der Waals surface area contributed by atoms with E-state index in [2.05, 4.69) is 10.8 Å². The molecule has 1 rings (SSSR count). The van der Waals surface area contributed by atoms with Gasteiger partial charge < -0.3 is 4.74 Å². The maximum atomic E-state index is 11.0. The van der Waals surface area contributed by atoms with Crippen LogP contribution in [0.15, 0.2) is 24.3 Å². The fourth-order valence-electron chi connectivity index (χ4n) is 1.50. The number of rotatable bonds is 5. The summed E-state index contributed by atoms with van der Waals surface area (Å²) in [6.07, 6.45) is 0.479. The Hall–Kier alpha value is -2.42. The van der Waals surface area contributed by atoms with E-state index in [1.54, 1.807) is 0 Å². The molecule has 0 bridgehead atoms. The molecule has 1 aromatic rings. The zero-order valence-electron chi connectivity index (χ0n) is 9.83. The minimum atomic E-state index is -0.500. The molecule has 6 nitrogen and oxygen atoms in total. The summed E-state index contributed by atoms with van der Waals surface area (Å²) in [4.78, 5) is 21.0. The number of nitro benzene ring substituents is 1. The molecule has 0 fully saturated rings. The number of esters is 1. The molecule has 0 N–H and O–H groups in total. The molecule has 0 saturated heterocycles. The molecule has 6 heteroatoms. The van der Waals surface area contributed by atoms with E-state index < -0.39 is 10.8 Å². The average molecular weight is 248 g/mol. The number of hydrogen-bond donors (Lipinski definition) is 0. The highest BCUT2D eigenvalue weighted by Crippen LogP contribution is 2.23. The first kappa shape index (κ1) is 13.6. The largest absolute Gasteiger partial charge is 0.469 e. The van der Waals surface area contributed by atoms with Crippen molar-refractivity contribution in [1.29, 1.82) is 5.26 Å². The van der Waals surface area contributed by atoms with Crippen LogP contribution in [-0.4, -0.2) is 18.0 Å². The van der Waals surface area contributed by atoms with Gasteiger partial charge in [0.15, 0.2) is 0 Å². The van der Waals surface area contributed by atoms with Crippen molar-refractivity contribution in [3.63, 3.8) is 0 Å². The Balaban J connectivity index is 2.74. The molecule has 1 unspecified atom stereocenters. The quantitative estimate of drug-likeness (QED) is 0.452. The van der Waals surface area contributed by atoms with Gasteiger partial charge in [-0.05, 0) is 12.0 Å². The van der Waals surface area contributed by atoms with Gasteiger partial charge in [-0.25, -0.2) is 0 Å². The number of nitro groups is 1. The lowest BCUT2D eigenvalue weighted by Gasteiger charge is -2.08. The van der Waals surface area contributed by atoms with Crippen LogP contribution in [0.2, 0.25) is 0 Å². The Kier molecular flexibility index (Phi) is 4.81. The number of ether oxygens (including phenoxy) is 1. The molecular formula is C12H12N2O4. The maximum absolute atomic E-state index is 11.0. The van der Waals surface area contributed by atoms with Gasteiger partial charge in [-0.15, -0.1) is 0 Å². The van der Waals surface area contributed by atoms with E-state index in [-0.39, 0.29) is 18.1 Å². The number of carbonyl (C=O) groups excluding carboxylic acids is 1. The predicted molar refractivity (Wildman–Crippen MR) is 62.7 cm³/mol. The highest BCUT2D eigenvalue weighted by atomic mass is 16.6. The maximum Gasteiger partial charge on any atom is 0.305 e. The molecule has 0 aliphatic heterocycles. The van der Waals surface area contributed by atoms with Crippen molar-refractivity contribution < 1.29 is 14.5 Å². The summed E-state index contributed by atoms with van der Waals surface area (Å²) >= 11 is 0. The summed E-state index contributed by atoms with van der Waals surface area (Å²) in [6, 6.07) is 7.82. The lowest BCUT2D eigenvalue weighted by Crippen LogP contribution is -2.04. The Morgan fingerprint density at radius 1 is 1.50 bits per heavy atom. The number of nitriles is 1. The van der Waals surface area contributed by atoms with Crippen molar-refractivity contribution in [2.45, 2.75) is 18.8 Å². The second-order valence-electron chi connectivity index (χ2n) is 3.65. The Morgan fingerprint density at radius 2 is 2.11 bits per heavy atom. The van der Waals surface area contributed by atoms with Crippen LogP contribution < -0.4 is 0 Å². The van der Waals surface area contributed by atoms with Crippen LogP contribution in [-0.2, 0) is 9.53 Å². The van der Waals surface area contributed by atoms with Gasteiger partial charge in [0.25, 0.3) is 5.69 Å². The van der Waals surface area contributed by atoms with E-state index >= 15 is 0 Å². The molecule has 0 spiro atoms. The Morgan fingerprint density at radius 3 is 2.56 bits per heavy atom. The van der Waals surface area contributed by atoms with Crippen molar-refractivity contribution >= 4 is 11.7 Å². The second-order valence-corrected chi connectivity index (χ2v) is 3.65. The van der Waals surface area contributed by atoms with Crippen LogP contribution in [0.3, 0.4) is 0 Å². The molecule has 0 heterocycles. The van der Waals surface area contributed by atoms with E-state index in [9.17, 15) is 14.9 Å².